The lowest BCUT2D eigenvalue weighted by Gasteiger charge is -2.32. The summed E-state index contributed by atoms with van der Waals surface area (Å²) in [7, 11) is 1.62. The van der Waals surface area contributed by atoms with Crippen molar-refractivity contribution in [3.63, 3.8) is 0 Å². The molecule has 39 heavy (non-hydrogen) atoms. The first-order chi connectivity index (χ1) is 18.7. The zero-order valence-corrected chi connectivity index (χ0v) is 23.4. The van der Waals surface area contributed by atoms with E-state index in [0.29, 0.717) is 17.1 Å². The van der Waals surface area contributed by atoms with Crippen LogP contribution in [-0.2, 0) is 26.2 Å². The Morgan fingerprint density at radius 3 is 2.15 bits per heavy atom. The maximum absolute atomic E-state index is 13.9. The number of carbonyl (C=O) groups excluding carboxylic acids is 2. The molecular formula is C28H33N3O7S. The van der Waals surface area contributed by atoms with E-state index < -0.39 is 34.4 Å². The fourth-order valence-electron chi connectivity index (χ4n) is 3.98. The van der Waals surface area contributed by atoms with Crippen LogP contribution >= 0.6 is 0 Å². The average Bonchev–Trinajstić information content (AvgIpc) is 2.97. The standard InChI is InChI=1S/C28H33N3O7S/c1-20(28(33)29-2)30(18-21-10-9-11-22(16-21)36-3)27(32)19-31(39(34,35)24-12-7-6-8-13-24)25-17-23(37-4)14-15-26(25)38-5/h6-17,20H,18-19H2,1-5H3,(H,29,33). The van der Waals surface area contributed by atoms with E-state index in [2.05, 4.69) is 5.32 Å². The molecule has 1 N–H and O–H groups in total. The molecule has 1 atom stereocenters. The summed E-state index contributed by atoms with van der Waals surface area (Å²) in [5, 5.41) is 2.56. The topological polar surface area (TPSA) is 114 Å². The molecule has 0 fully saturated rings. The largest absolute Gasteiger partial charge is 0.497 e. The minimum Gasteiger partial charge on any atom is -0.497 e. The van der Waals surface area contributed by atoms with Crippen LogP contribution in [0.4, 0.5) is 5.69 Å². The summed E-state index contributed by atoms with van der Waals surface area (Å²) in [6, 6.07) is 18.6. The van der Waals surface area contributed by atoms with Crippen molar-refractivity contribution in [1.29, 1.82) is 0 Å². The summed E-state index contributed by atoms with van der Waals surface area (Å²) in [6.45, 7) is 1.02. The lowest BCUT2D eigenvalue weighted by atomic mass is 10.1. The highest BCUT2D eigenvalue weighted by Gasteiger charge is 2.34. The average molecular weight is 556 g/mol. The van der Waals surface area contributed by atoms with E-state index >= 15 is 0 Å². The van der Waals surface area contributed by atoms with Crippen molar-refractivity contribution in [1.82, 2.24) is 10.2 Å². The highest BCUT2D eigenvalue weighted by atomic mass is 32.2. The molecule has 0 saturated heterocycles. The number of carbonyl (C=O) groups is 2. The Labute approximate surface area is 229 Å². The molecule has 11 heteroatoms. The molecule has 10 nitrogen and oxygen atoms in total. The fraction of sp³-hybridized carbons (Fsp3) is 0.286. The Balaban J connectivity index is 2.11. The molecule has 0 spiro atoms. The quantitative estimate of drug-likeness (QED) is 0.365. The van der Waals surface area contributed by atoms with Gasteiger partial charge in [0.1, 0.15) is 29.8 Å². The van der Waals surface area contributed by atoms with E-state index in [9.17, 15) is 18.0 Å². The summed E-state index contributed by atoms with van der Waals surface area (Å²) in [5.41, 5.74) is 0.817. The highest BCUT2D eigenvalue weighted by Crippen LogP contribution is 2.36. The second-order valence-corrected chi connectivity index (χ2v) is 10.4. The van der Waals surface area contributed by atoms with Gasteiger partial charge in [-0.25, -0.2) is 8.42 Å². The number of nitrogens with one attached hydrogen (secondary N) is 1. The number of benzene rings is 3. The van der Waals surface area contributed by atoms with Crippen LogP contribution < -0.4 is 23.8 Å². The summed E-state index contributed by atoms with van der Waals surface area (Å²) >= 11 is 0. The predicted octanol–water partition coefficient (Wildman–Crippen LogP) is 3.07. The monoisotopic (exact) mass is 555 g/mol. The van der Waals surface area contributed by atoms with Gasteiger partial charge in [0.25, 0.3) is 10.0 Å². The van der Waals surface area contributed by atoms with Gasteiger partial charge in [0.05, 0.1) is 31.9 Å². The molecule has 0 radical (unpaired) electrons. The van der Waals surface area contributed by atoms with Gasteiger partial charge in [-0.3, -0.25) is 13.9 Å². The molecule has 2 amide bonds. The SMILES string of the molecule is CNC(=O)C(C)N(Cc1cccc(OC)c1)C(=O)CN(c1cc(OC)ccc1OC)S(=O)(=O)c1ccccc1. The molecule has 0 aliphatic rings. The molecule has 0 saturated carbocycles. The Bertz CT molecular complexity index is 1400. The number of amides is 2. The number of ether oxygens (including phenoxy) is 3. The molecule has 0 aromatic heterocycles. The van der Waals surface area contributed by atoms with Gasteiger partial charge < -0.3 is 24.4 Å². The number of hydrogen-bond donors (Lipinski definition) is 1. The summed E-state index contributed by atoms with van der Waals surface area (Å²) in [6.07, 6.45) is 0. The summed E-state index contributed by atoms with van der Waals surface area (Å²) in [5.74, 6) is 0.183. The lowest BCUT2D eigenvalue weighted by molar-refractivity contribution is -0.139. The molecule has 0 aliphatic carbocycles. The summed E-state index contributed by atoms with van der Waals surface area (Å²) < 4.78 is 44.9. The second-order valence-electron chi connectivity index (χ2n) is 8.53. The second kappa shape index (κ2) is 13.0. The third kappa shape index (κ3) is 6.80. The van der Waals surface area contributed by atoms with Crippen molar-refractivity contribution in [3.05, 3.63) is 78.4 Å². The third-order valence-corrected chi connectivity index (χ3v) is 7.94. The Morgan fingerprint density at radius 1 is 0.872 bits per heavy atom. The van der Waals surface area contributed by atoms with Crippen molar-refractivity contribution >= 4 is 27.5 Å². The van der Waals surface area contributed by atoms with Gasteiger partial charge in [0, 0.05) is 19.7 Å². The van der Waals surface area contributed by atoms with Crippen LogP contribution in [0.25, 0.3) is 0 Å². The van der Waals surface area contributed by atoms with Gasteiger partial charge in [-0.15, -0.1) is 0 Å². The van der Waals surface area contributed by atoms with Crippen LogP contribution in [0, 0.1) is 0 Å². The first kappa shape index (κ1) is 29.3. The van der Waals surface area contributed by atoms with Crippen LogP contribution in [0.1, 0.15) is 12.5 Å². The van der Waals surface area contributed by atoms with Crippen LogP contribution in [0.15, 0.2) is 77.7 Å². The van der Waals surface area contributed by atoms with Gasteiger partial charge in [0.2, 0.25) is 11.8 Å². The first-order valence-electron chi connectivity index (χ1n) is 12.1. The van der Waals surface area contributed by atoms with Crippen LogP contribution in [-0.4, -0.2) is 66.1 Å². The van der Waals surface area contributed by atoms with E-state index in [1.54, 1.807) is 61.5 Å². The van der Waals surface area contributed by atoms with Gasteiger partial charge in [-0.2, -0.15) is 0 Å². The van der Waals surface area contributed by atoms with Gasteiger partial charge in [0.15, 0.2) is 0 Å². The van der Waals surface area contributed by atoms with Crippen LogP contribution in [0.2, 0.25) is 0 Å². The van der Waals surface area contributed by atoms with Gasteiger partial charge in [-0.1, -0.05) is 30.3 Å². The normalized spacial score (nSPS) is 11.7. The number of hydrogen-bond acceptors (Lipinski definition) is 7. The van der Waals surface area contributed by atoms with E-state index in [-0.39, 0.29) is 22.9 Å². The highest BCUT2D eigenvalue weighted by molar-refractivity contribution is 7.92. The van der Waals surface area contributed by atoms with Crippen molar-refractivity contribution in [2.45, 2.75) is 24.4 Å². The zero-order chi connectivity index (χ0) is 28.6. The molecule has 0 bridgehead atoms. The number of nitrogens with zero attached hydrogens (tertiary/aromatic N) is 2. The Hall–Kier alpha value is -4.25. The fourth-order valence-corrected chi connectivity index (χ4v) is 5.42. The number of rotatable bonds is 12. The first-order valence-corrected chi connectivity index (χ1v) is 13.5. The van der Waals surface area contributed by atoms with Crippen LogP contribution in [0.5, 0.6) is 17.2 Å². The minimum atomic E-state index is -4.25. The van der Waals surface area contributed by atoms with E-state index in [4.69, 9.17) is 14.2 Å². The van der Waals surface area contributed by atoms with Crippen LogP contribution in [0.3, 0.4) is 0 Å². The van der Waals surface area contributed by atoms with E-state index in [1.807, 2.05) is 0 Å². The molecule has 1 unspecified atom stereocenters. The molecule has 3 rings (SSSR count). The molecule has 0 aliphatic heterocycles. The zero-order valence-electron chi connectivity index (χ0n) is 22.6. The van der Waals surface area contributed by atoms with E-state index in [0.717, 1.165) is 4.31 Å². The maximum Gasteiger partial charge on any atom is 0.264 e. The molecule has 208 valence electrons. The molecular weight excluding hydrogens is 522 g/mol. The van der Waals surface area contributed by atoms with Crippen molar-refractivity contribution in [3.8, 4) is 17.2 Å². The van der Waals surface area contributed by atoms with Gasteiger partial charge in [-0.05, 0) is 48.9 Å². The van der Waals surface area contributed by atoms with Crippen molar-refractivity contribution < 1.29 is 32.2 Å². The molecule has 0 heterocycles. The maximum atomic E-state index is 13.9. The van der Waals surface area contributed by atoms with Crippen molar-refractivity contribution in [2.75, 3.05) is 39.2 Å². The molecule has 3 aromatic carbocycles. The predicted molar refractivity (Wildman–Crippen MR) is 148 cm³/mol. The number of sulfonamides is 1. The smallest absolute Gasteiger partial charge is 0.264 e. The number of anilines is 1. The van der Waals surface area contributed by atoms with Gasteiger partial charge >= 0.3 is 0 Å². The minimum absolute atomic E-state index is 0.0126. The number of likely N-dealkylation sites (N-methyl/N-ethyl adjacent to an activating group) is 1. The van der Waals surface area contributed by atoms with E-state index in [1.165, 1.54) is 51.5 Å². The Morgan fingerprint density at radius 2 is 1.54 bits per heavy atom. The van der Waals surface area contributed by atoms with Crippen molar-refractivity contribution in [2.24, 2.45) is 0 Å². The lowest BCUT2D eigenvalue weighted by Crippen LogP contribution is -2.50. The Kier molecular flexibility index (Phi) is 9.78. The molecule has 3 aromatic rings. The number of methoxy groups -OCH3 is 3. The summed E-state index contributed by atoms with van der Waals surface area (Å²) in [4.78, 5) is 27.9. The third-order valence-electron chi connectivity index (χ3n) is 6.17.